The van der Waals surface area contributed by atoms with Gasteiger partial charge in [0.05, 0.1) is 17.6 Å². The zero-order chi connectivity index (χ0) is 21.6. The summed E-state index contributed by atoms with van der Waals surface area (Å²) in [5.41, 5.74) is 8.82. The molecule has 3 aromatic carbocycles. The molecule has 1 heterocycles. The Hall–Kier alpha value is -3.51. The van der Waals surface area contributed by atoms with Crippen LogP contribution in [0.15, 0.2) is 94.5 Å². The monoisotopic (exact) mass is 471 g/mol. The van der Waals surface area contributed by atoms with E-state index in [9.17, 15) is 0 Å². The van der Waals surface area contributed by atoms with Crippen LogP contribution in [0.5, 0.6) is 0 Å². The van der Waals surface area contributed by atoms with Gasteiger partial charge in [0.1, 0.15) is 0 Å². The van der Waals surface area contributed by atoms with Crippen molar-refractivity contribution >= 4 is 33.8 Å². The second kappa shape index (κ2) is 9.53. The molecule has 0 atom stereocenters. The second-order valence-electron chi connectivity index (χ2n) is 7.19. The Bertz CT molecular complexity index is 1170. The molecule has 6 heteroatoms. The Morgan fingerprint density at radius 3 is 2.03 bits per heavy atom. The molecule has 0 amide bonds. The zero-order valence-corrected chi connectivity index (χ0v) is 18.9. The minimum atomic E-state index is 0.445. The third kappa shape index (κ3) is 5.35. The maximum atomic E-state index is 4.67. The molecule has 0 aliphatic heterocycles. The first-order valence-electron chi connectivity index (χ1n) is 9.85. The van der Waals surface area contributed by atoms with Gasteiger partial charge in [-0.2, -0.15) is 5.10 Å². The van der Waals surface area contributed by atoms with E-state index in [1.54, 1.807) is 6.21 Å². The molecule has 0 radical (unpaired) electrons. The van der Waals surface area contributed by atoms with Crippen molar-refractivity contribution in [3.63, 3.8) is 0 Å². The smallest absolute Gasteiger partial charge is 0.244 e. The molecule has 4 rings (SSSR count). The maximum Gasteiger partial charge on any atom is 0.244 e. The van der Waals surface area contributed by atoms with Gasteiger partial charge < -0.3 is 4.90 Å². The van der Waals surface area contributed by atoms with E-state index >= 15 is 0 Å². The van der Waals surface area contributed by atoms with Gasteiger partial charge in [-0.1, -0.05) is 70.5 Å². The molecule has 5 nitrogen and oxygen atoms in total. The van der Waals surface area contributed by atoms with Crippen LogP contribution >= 0.6 is 15.9 Å². The second-order valence-corrected chi connectivity index (χ2v) is 8.11. The predicted molar refractivity (Wildman–Crippen MR) is 133 cm³/mol. The van der Waals surface area contributed by atoms with Gasteiger partial charge in [0.15, 0.2) is 0 Å². The number of aromatic nitrogens is 2. The topological polar surface area (TPSA) is 53.4 Å². The van der Waals surface area contributed by atoms with E-state index in [0.717, 1.165) is 38.2 Å². The predicted octanol–water partition coefficient (Wildman–Crippen LogP) is 6.09. The van der Waals surface area contributed by atoms with Crippen LogP contribution in [0, 0.1) is 0 Å². The summed E-state index contributed by atoms with van der Waals surface area (Å²) in [6, 6.07) is 28.3. The molecule has 154 valence electrons. The fourth-order valence-electron chi connectivity index (χ4n) is 3.05. The van der Waals surface area contributed by atoms with Gasteiger partial charge in [0.25, 0.3) is 0 Å². The summed E-state index contributed by atoms with van der Waals surface area (Å²) in [4.78, 5) is 11.4. The van der Waals surface area contributed by atoms with Crippen LogP contribution in [-0.4, -0.2) is 30.3 Å². The van der Waals surface area contributed by atoms with Crippen molar-refractivity contribution in [2.24, 2.45) is 5.10 Å². The fourth-order valence-corrected chi connectivity index (χ4v) is 3.31. The summed E-state index contributed by atoms with van der Waals surface area (Å²) in [6.45, 7) is 0. The lowest BCUT2D eigenvalue weighted by molar-refractivity contribution is 1.12. The largest absolute Gasteiger partial charge is 0.378 e. The molecule has 0 saturated carbocycles. The van der Waals surface area contributed by atoms with Gasteiger partial charge in [0.2, 0.25) is 5.95 Å². The maximum absolute atomic E-state index is 4.67. The van der Waals surface area contributed by atoms with Crippen molar-refractivity contribution in [1.29, 1.82) is 0 Å². The Labute approximate surface area is 190 Å². The summed E-state index contributed by atoms with van der Waals surface area (Å²) in [6.07, 6.45) is 1.76. The Morgan fingerprint density at radius 2 is 1.42 bits per heavy atom. The highest BCUT2D eigenvalue weighted by molar-refractivity contribution is 9.10. The standard InChI is InChI=1S/C25H22BrN5/c1-31(2)22-14-8-18(9-15-22)17-27-30-25-28-23(19-6-4-3-5-7-19)16-24(29-25)20-10-12-21(26)13-11-20/h3-17H,1-2H3,(H,28,29,30)/b27-17+. The van der Waals surface area contributed by atoms with Crippen molar-refractivity contribution in [2.45, 2.75) is 0 Å². The molecule has 31 heavy (non-hydrogen) atoms. The summed E-state index contributed by atoms with van der Waals surface area (Å²) < 4.78 is 1.02. The van der Waals surface area contributed by atoms with Gasteiger partial charge in [-0.25, -0.2) is 15.4 Å². The molecular formula is C25H22BrN5. The van der Waals surface area contributed by atoms with Gasteiger partial charge in [-0.15, -0.1) is 0 Å². The number of hydrogen-bond donors (Lipinski definition) is 1. The van der Waals surface area contributed by atoms with E-state index in [0.29, 0.717) is 5.95 Å². The van der Waals surface area contributed by atoms with Crippen LogP contribution in [0.4, 0.5) is 11.6 Å². The average molecular weight is 472 g/mol. The fraction of sp³-hybridized carbons (Fsp3) is 0.0800. The highest BCUT2D eigenvalue weighted by Gasteiger charge is 2.08. The minimum Gasteiger partial charge on any atom is -0.378 e. The quantitative estimate of drug-likeness (QED) is 0.273. The molecule has 0 spiro atoms. The van der Waals surface area contributed by atoms with Crippen LogP contribution in [0.2, 0.25) is 0 Å². The Kier molecular flexibility index (Phi) is 6.38. The van der Waals surface area contributed by atoms with Crippen LogP contribution in [0.1, 0.15) is 5.56 Å². The van der Waals surface area contributed by atoms with Crippen molar-refractivity contribution in [2.75, 3.05) is 24.4 Å². The third-order valence-electron chi connectivity index (χ3n) is 4.72. The highest BCUT2D eigenvalue weighted by atomic mass is 79.9. The lowest BCUT2D eigenvalue weighted by atomic mass is 10.1. The number of nitrogens with one attached hydrogen (secondary N) is 1. The normalized spacial score (nSPS) is 10.9. The van der Waals surface area contributed by atoms with Crippen LogP contribution in [-0.2, 0) is 0 Å². The Balaban J connectivity index is 1.63. The Morgan fingerprint density at radius 1 is 0.806 bits per heavy atom. The van der Waals surface area contributed by atoms with Crippen molar-refractivity contribution in [3.05, 3.63) is 95.0 Å². The number of hydrogen-bond acceptors (Lipinski definition) is 5. The number of anilines is 2. The van der Waals surface area contributed by atoms with Crippen molar-refractivity contribution < 1.29 is 0 Å². The van der Waals surface area contributed by atoms with Crippen LogP contribution < -0.4 is 10.3 Å². The first-order valence-corrected chi connectivity index (χ1v) is 10.6. The average Bonchev–Trinajstić information content (AvgIpc) is 2.80. The van der Waals surface area contributed by atoms with E-state index < -0.39 is 0 Å². The van der Waals surface area contributed by atoms with Crippen molar-refractivity contribution in [3.8, 4) is 22.5 Å². The van der Waals surface area contributed by atoms with E-state index in [1.807, 2.05) is 86.9 Å². The molecule has 1 N–H and O–H groups in total. The molecular weight excluding hydrogens is 450 g/mol. The van der Waals surface area contributed by atoms with E-state index in [4.69, 9.17) is 0 Å². The number of rotatable bonds is 6. The van der Waals surface area contributed by atoms with Gasteiger partial charge >= 0.3 is 0 Å². The molecule has 0 unspecified atom stereocenters. The van der Waals surface area contributed by atoms with Gasteiger partial charge in [-0.3, -0.25) is 0 Å². The van der Waals surface area contributed by atoms with Crippen LogP contribution in [0.3, 0.4) is 0 Å². The van der Waals surface area contributed by atoms with E-state index in [2.05, 4.69) is 53.5 Å². The minimum absolute atomic E-state index is 0.445. The number of halogens is 1. The SMILES string of the molecule is CN(C)c1ccc(/C=N/Nc2nc(-c3ccccc3)cc(-c3ccc(Br)cc3)n2)cc1. The van der Waals surface area contributed by atoms with Crippen LogP contribution in [0.25, 0.3) is 22.5 Å². The molecule has 0 aliphatic carbocycles. The molecule has 0 saturated heterocycles. The molecule has 0 fully saturated rings. The summed E-state index contributed by atoms with van der Waals surface area (Å²) >= 11 is 3.49. The number of benzene rings is 3. The lowest BCUT2D eigenvalue weighted by Gasteiger charge is -2.11. The number of hydrazone groups is 1. The van der Waals surface area contributed by atoms with Crippen molar-refractivity contribution in [1.82, 2.24) is 9.97 Å². The molecule has 0 bridgehead atoms. The zero-order valence-electron chi connectivity index (χ0n) is 17.3. The summed E-state index contributed by atoms with van der Waals surface area (Å²) in [7, 11) is 4.04. The van der Waals surface area contributed by atoms with Gasteiger partial charge in [-0.05, 0) is 35.9 Å². The first-order chi connectivity index (χ1) is 15.1. The lowest BCUT2D eigenvalue weighted by Crippen LogP contribution is -2.08. The third-order valence-corrected chi connectivity index (χ3v) is 5.25. The highest BCUT2D eigenvalue weighted by Crippen LogP contribution is 2.26. The summed E-state index contributed by atoms with van der Waals surface area (Å²) in [5.74, 6) is 0.445. The number of nitrogens with zero attached hydrogens (tertiary/aromatic N) is 4. The molecule has 0 aliphatic rings. The molecule has 1 aromatic heterocycles. The summed E-state index contributed by atoms with van der Waals surface area (Å²) in [5, 5.41) is 4.35. The first kappa shape index (κ1) is 20.8. The van der Waals surface area contributed by atoms with Gasteiger partial charge in [0, 0.05) is 35.4 Å². The van der Waals surface area contributed by atoms with E-state index in [-0.39, 0.29) is 0 Å². The molecule has 4 aromatic rings. The van der Waals surface area contributed by atoms with E-state index in [1.165, 1.54) is 0 Å².